The van der Waals surface area contributed by atoms with E-state index in [9.17, 15) is 0 Å². The van der Waals surface area contributed by atoms with Crippen molar-refractivity contribution in [3.63, 3.8) is 0 Å². The average molecular weight is 683 g/mol. The summed E-state index contributed by atoms with van der Waals surface area (Å²) in [5.74, 6) is 0. The largest absolute Gasteiger partial charge is 0.309 e. The van der Waals surface area contributed by atoms with Crippen molar-refractivity contribution in [2.75, 3.05) is 4.90 Å². The monoisotopic (exact) mass is 682 g/mol. The number of hydrogen-bond donors (Lipinski definition) is 0. The van der Waals surface area contributed by atoms with Gasteiger partial charge < -0.3 is 9.47 Å². The van der Waals surface area contributed by atoms with Crippen molar-refractivity contribution in [2.24, 2.45) is 0 Å². The maximum Gasteiger partial charge on any atom is 0.0989 e. The molecule has 0 atom stereocenters. The molecule has 53 heavy (non-hydrogen) atoms. The van der Waals surface area contributed by atoms with Crippen LogP contribution in [0, 0.1) is 0 Å². The molecule has 1 aliphatic rings. The first-order valence-corrected chi connectivity index (χ1v) is 17.8. The SMILES string of the molecule is C=CC1=C(C=C)C(C)(C)c2ccccc2N1c1cnc2c(c1)c1nccnc1c1cc(-c3ccc(-n4c5ccccc5c5ccccc54)cc3)cnc12. The van der Waals surface area contributed by atoms with Gasteiger partial charge in [0.15, 0.2) is 0 Å². The maximum absolute atomic E-state index is 5.10. The van der Waals surface area contributed by atoms with Gasteiger partial charge in [-0.3, -0.25) is 19.9 Å². The minimum Gasteiger partial charge on any atom is -0.309 e. The van der Waals surface area contributed by atoms with Crippen LogP contribution in [0.4, 0.5) is 11.4 Å². The lowest BCUT2D eigenvalue weighted by atomic mass is 9.73. The van der Waals surface area contributed by atoms with Crippen LogP contribution in [0.5, 0.6) is 0 Å². The summed E-state index contributed by atoms with van der Waals surface area (Å²) >= 11 is 0. The quantitative estimate of drug-likeness (QED) is 0.169. The van der Waals surface area contributed by atoms with Crippen LogP contribution in [-0.2, 0) is 5.41 Å². The molecular weight excluding hydrogens is 649 g/mol. The van der Waals surface area contributed by atoms with Gasteiger partial charge in [-0.25, -0.2) is 0 Å². The Morgan fingerprint density at radius 3 is 1.79 bits per heavy atom. The number of anilines is 2. The van der Waals surface area contributed by atoms with Gasteiger partial charge in [-0.2, -0.15) is 0 Å². The third kappa shape index (κ3) is 4.45. The highest BCUT2D eigenvalue weighted by Crippen LogP contribution is 2.49. The van der Waals surface area contributed by atoms with Crippen LogP contribution in [0.25, 0.3) is 71.5 Å². The van der Waals surface area contributed by atoms with Crippen molar-refractivity contribution in [3.05, 3.63) is 176 Å². The van der Waals surface area contributed by atoms with Gasteiger partial charge in [0.25, 0.3) is 0 Å². The zero-order chi connectivity index (χ0) is 35.8. The molecule has 1 aliphatic heterocycles. The first-order valence-electron chi connectivity index (χ1n) is 17.8. The molecular formula is C47H34N6. The second-order valence-electron chi connectivity index (χ2n) is 14.1. The Morgan fingerprint density at radius 2 is 1.13 bits per heavy atom. The minimum atomic E-state index is -0.246. The molecule has 0 spiro atoms. The molecule has 0 unspecified atom stereocenters. The second-order valence-corrected chi connectivity index (χ2v) is 14.1. The summed E-state index contributed by atoms with van der Waals surface area (Å²) in [6.45, 7) is 12.9. The van der Waals surface area contributed by atoms with Gasteiger partial charge in [-0.05, 0) is 65.2 Å². The van der Waals surface area contributed by atoms with E-state index in [0.717, 1.165) is 72.3 Å². The molecule has 0 radical (unpaired) electrons. The number of hydrogen-bond acceptors (Lipinski definition) is 5. The van der Waals surface area contributed by atoms with Gasteiger partial charge in [-0.15, -0.1) is 0 Å². The highest BCUT2D eigenvalue weighted by Gasteiger charge is 2.36. The number of pyridine rings is 2. The molecule has 9 aromatic rings. The first kappa shape index (κ1) is 30.9. The zero-order valence-electron chi connectivity index (χ0n) is 29.5. The molecule has 0 fully saturated rings. The highest BCUT2D eigenvalue weighted by molar-refractivity contribution is 6.21. The number of nitrogens with zero attached hydrogens (tertiary/aromatic N) is 6. The molecule has 5 heterocycles. The van der Waals surface area contributed by atoms with Gasteiger partial charge >= 0.3 is 0 Å². The molecule has 0 bridgehead atoms. The lowest BCUT2D eigenvalue weighted by molar-refractivity contribution is 0.621. The summed E-state index contributed by atoms with van der Waals surface area (Å²) in [6.07, 6.45) is 11.2. The summed E-state index contributed by atoms with van der Waals surface area (Å²) in [5, 5.41) is 4.29. The normalized spacial score (nSPS) is 14.0. The van der Waals surface area contributed by atoms with Crippen LogP contribution in [0.3, 0.4) is 0 Å². The van der Waals surface area contributed by atoms with Crippen LogP contribution in [-0.4, -0.2) is 24.5 Å². The summed E-state index contributed by atoms with van der Waals surface area (Å²) in [4.78, 5) is 22.1. The van der Waals surface area contributed by atoms with E-state index in [4.69, 9.17) is 19.9 Å². The molecule has 252 valence electrons. The average Bonchev–Trinajstić information content (AvgIpc) is 3.55. The Balaban J connectivity index is 1.11. The van der Waals surface area contributed by atoms with Crippen LogP contribution in [0.15, 0.2) is 171 Å². The standard InChI is InChI=1S/C47H34N6/c1-5-37-39(6-2)53(42-18-12-9-15-38(42)47(37,3)4)32-26-36-44-43(48-23-24-49-44)35-25-30(27-50-45(35)46(36)51-28-32)29-19-21-31(22-20-29)52-40-16-10-7-13-33(40)34-14-8-11-17-41(34)52/h5-28H,1-2H2,3-4H3. The molecule has 0 amide bonds. The fourth-order valence-corrected chi connectivity index (χ4v) is 8.42. The smallest absolute Gasteiger partial charge is 0.0989 e. The van der Waals surface area contributed by atoms with E-state index in [1.165, 1.54) is 27.4 Å². The van der Waals surface area contributed by atoms with Crippen molar-refractivity contribution in [2.45, 2.75) is 19.3 Å². The molecule has 5 aromatic carbocycles. The molecule has 6 heteroatoms. The van der Waals surface area contributed by atoms with Crippen molar-refractivity contribution in [1.82, 2.24) is 24.5 Å². The summed E-state index contributed by atoms with van der Waals surface area (Å²) in [5.41, 5.74) is 13.7. The van der Waals surface area contributed by atoms with Crippen LogP contribution in [0.1, 0.15) is 19.4 Å². The van der Waals surface area contributed by atoms with E-state index in [1.54, 1.807) is 12.4 Å². The number of allylic oxidation sites excluding steroid dienone is 3. The molecule has 0 N–H and O–H groups in total. The predicted molar refractivity (Wildman–Crippen MR) is 219 cm³/mol. The van der Waals surface area contributed by atoms with E-state index < -0.39 is 0 Å². The molecule has 0 saturated heterocycles. The van der Waals surface area contributed by atoms with Crippen LogP contribution in [0.2, 0.25) is 0 Å². The molecule has 4 aromatic heterocycles. The molecule has 10 rings (SSSR count). The summed E-state index contributed by atoms with van der Waals surface area (Å²) < 4.78 is 2.33. The maximum atomic E-state index is 5.10. The van der Waals surface area contributed by atoms with E-state index in [-0.39, 0.29) is 5.41 Å². The molecule has 0 aliphatic carbocycles. The van der Waals surface area contributed by atoms with Crippen molar-refractivity contribution in [3.8, 4) is 16.8 Å². The zero-order valence-corrected chi connectivity index (χ0v) is 29.5. The lowest BCUT2D eigenvalue weighted by Crippen LogP contribution is -2.33. The second kappa shape index (κ2) is 11.6. The van der Waals surface area contributed by atoms with Gasteiger partial charge in [0, 0.05) is 62.5 Å². The lowest BCUT2D eigenvalue weighted by Gasteiger charge is -2.42. The molecule has 0 saturated carbocycles. The highest BCUT2D eigenvalue weighted by atomic mass is 15.2. The Bertz CT molecular complexity index is 2950. The van der Waals surface area contributed by atoms with Crippen molar-refractivity contribution in [1.29, 1.82) is 0 Å². The third-order valence-corrected chi connectivity index (χ3v) is 10.9. The summed E-state index contributed by atoms with van der Waals surface area (Å²) in [6, 6.07) is 38.7. The Hall–Kier alpha value is -6.92. The van der Waals surface area contributed by atoms with Crippen LogP contribution >= 0.6 is 0 Å². The number of benzene rings is 5. The topological polar surface area (TPSA) is 59.7 Å². The fraction of sp³-hybridized carbons (Fsp3) is 0.0638. The Morgan fingerprint density at radius 1 is 0.547 bits per heavy atom. The predicted octanol–water partition coefficient (Wildman–Crippen LogP) is 11.5. The minimum absolute atomic E-state index is 0.246. The van der Waals surface area contributed by atoms with E-state index in [0.29, 0.717) is 0 Å². The number of para-hydroxylation sites is 3. The number of rotatable bonds is 5. The van der Waals surface area contributed by atoms with E-state index in [2.05, 4.69) is 146 Å². The summed E-state index contributed by atoms with van der Waals surface area (Å²) in [7, 11) is 0. The van der Waals surface area contributed by atoms with Gasteiger partial charge in [-0.1, -0.05) is 99.8 Å². The molecule has 6 nitrogen and oxygen atoms in total. The first-order chi connectivity index (χ1) is 26.0. The van der Waals surface area contributed by atoms with Gasteiger partial charge in [0.05, 0.1) is 50.7 Å². The van der Waals surface area contributed by atoms with Crippen molar-refractivity contribution < 1.29 is 0 Å². The van der Waals surface area contributed by atoms with Gasteiger partial charge in [0.2, 0.25) is 0 Å². The van der Waals surface area contributed by atoms with Crippen LogP contribution < -0.4 is 4.90 Å². The Kier molecular flexibility index (Phi) is 6.73. The number of aromatic nitrogens is 5. The van der Waals surface area contributed by atoms with E-state index >= 15 is 0 Å². The van der Waals surface area contributed by atoms with E-state index in [1.807, 2.05) is 24.5 Å². The third-order valence-electron chi connectivity index (χ3n) is 10.9. The van der Waals surface area contributed by atoms with Gasteiger partial charge in [0.1, 0.15) is 0 Å². The van der Waals surface area contributed by atoms with Crippen molar-refractivity contribution >= 4 is 66.0 Å². The number of fused-ring (bicyclic) bond motifs is 10. The fourth-order valence-electron chi connectivity index (χ4n) is 8.42. The Labute approximate surface area is 306 Å².